The highest BCUT2D eigenvalue weighted by Gasteiger charge is 2.35. The molecule has 16 heavy (non-hydrogen) atoms. The van der Waals surface area contributed by atoms with E-state index in [4.69, 9.17) is 0 Å². The van der Waals surface area contributed by atoms with Crippen LogP contribution in [0.1, 0.15) is 32.1 Å². The molecule has 0 amide bonds. The molecule has 1 unspecified atom stereocenters. The van der Waals surface area contributed by atoms with Gasteiger partial charge in [-0.1, -0.05) is 0 Å². The van der Waals surface area contributed by atoms with Crippen molar-refractivity contribution in [3.8, 4) is 0 Å². The highest BCUT2D eigenvalue weighted by Crippen LogP contribution is 2.30. The SMILES string of the molecule is CN1CCC(NC2CCN(C3CC3)C2)CC1. The molecule has 1 aliphatic carbocycles. The molecule has 3 nitrogen and oxygen atoms in total. The van der Waals surface area contributed by atoms with Gasteiger partial charge in [-0.25, -0.2) is 0 Å². The third-order valence-corrected chi connectivity index (χ3v) is 4.47. The molecule has 3 heteroatoms. The Morgan fingerprint density at radius 1 is 0.875 bits per heavy atom. The van der Waals surface area contributed by atoms with Gasteiger partial charge in [0.15, 0.2) is 0 Å². The summed E-state index contributed by atoms with van der Waals surface area (Å²) < 4.78 is 0. The third kappa shape index (κ3) is 2.58. The average Bonchev–Trinajstić information content (AvgIpc) is 3.04. The van der Waals surface area contributed by atoms with Crippen LogP contribution < -0.4 is 5.32 Å². The van der Waals surface area contributed by atoms with E-state index in [1.807, 2.05) is 0 Å². The molecule has 1 atom stereocenters. The summed E-state index contributed by atoms with van der Waals surface area (Å²) in [5.41, 5.74) is 0. The monoisotopic (exact) mass is 223 g/mol. The van der Waals surface area contributed by atoms with Crippen molar-refractivity contribution in [2.45, 2.75) is 50.2 Å². The van der Waals surface area contributed by atoms with Crippen molar-refractivity contribution in [2.75, 3.05) is 33.2 Å². The lowest BCUT2D eigenvalue weighted by Gasteiger charge is -2.31. The van der Waals surface area contributed by atoms with Gasteiger partial charge in [0.05, 0.1) is 0 Å². The van der Waals surface area contributed by atoms with Crippen LogP contribution in [-0.4, -0.2) is 61.2 Å². The highest BCUT2D eigenvalue weighted by molar-refractivity contribution is 4.93. The Morgan fingerprint density at radius 3 is 2.25 bits per heavy atom. The van der Waals surface area contributed by atoms with Crippen molar-refractivity contribution < 1.29 is 0 Å². The first-order valence-electron chi connectivity index (χ1n) is 7.00. The minimum Gasteiger partial charge on any atom is -0.310 e. The molecule has 92 valence electrons. The standard InChI is InChI=1S/C13H25N3/c1-15-7-4-11(5-8-15)14-12-6-9-16(10-12)13-2-3-13/h11-14H,2-10H2,1H3. The van der Waals surface area contributed by atoms with Crippen LogP contribution in [0.5, 0.6) is 0 Å². The van der Waals surface area contributed by atoms with E-state index >= 15 is 0 Å². The predicted octanol–water partition coefficient (Wildman–Crippen LogP) is 0.907. The first-order chi connectivity index (χ1) is 7.81. The molecule has 1 N–H and O–H groups in total. The summed E-state index contributed by atoms with van der Waals surface area (Å²) in [6, 6.07) is 2.54. The van der Waals surface area contributed by atoms with E-state index in [-0.39, 0.29) is 0 Å². The van der Waals surface area contributed by atoms with Crippen LogP contribution in [0, 0.1) is 0 Å². The zero-order valence-corrected chi connectivity index (χ0v) is 10.5. The number of rotatable bonds is 3. The lowest BCUT2D eigenvalue weighted by atomic mass is 10.0. The van der Waals surface area contributed by atoms with Gasteiger partial charge in [-0.15, -0.1) is 0 Å². The smallest absolute Gasteiger partial charge is 0.0209 e. The van der Waals surface area contributed by atoms with Crippen LogP contribution in [0.3, 0.4) is 0 Å². The number of piperidine rings is 1. The molecule has 3 rings (SSSR count). The Labute approximate surface area is 99.2 Å². The van der Waals surface area contributed by atoms with E-state index in [2.05, 4.69) is 22.2 Å². The van der Waals surface area contributed by atoms with E-state index in [1.165, 1.54) is 58.3 Å². The van der Waals surface area contributed by atoms with Crippen LogP contribution in [0.15, 0.2) is 0 Å². The van der Waals surface area contributed by atoms with Gasteiger partial charge in [-0.2, -0.15) is 0 Å². The molecule has 0 aromatic rings. The maximum Gasteiger partial charge on any atom is 0.0209 e. The molecule has 0 spiro atoms. The minimum absolute atomic E-state index is 0.786. The van der Waals surface area contributed by atoms with Crippen molar-refractivity contribution in [1.29, 1.82) is 0 Å². The van der Waals surface area contributed by atoms with Gasteiger partial charge in [0.1, 0.15) is 0 Å². The summed E-state index contributed by atoms with van der Waals surface area (Å²) in [6.45, 7) is 5.21. The summed E-state index contributed by atoms with van der Waals surface area (Å²) in [6.07, 6.45) is 6.98. The first kappa shape index (κ1) is 11.0. The topological polar surface area (TPSA) is 18.5 Å². The van der Waals surface area contributed by atoms with Crippen molar-refractivity contribution in [3.05, 3.63) is 0 Å². The summed E-state index contributed by atoms with van der Waals surface area (Å²) in [7, 11) is 2.24. The van der Waals surface area contributed by atoms with Crippen LogP contribution in [0.2, 0.25) is 0 Å². The van der Waals surface area contributed by atoms with Gasteiger partial charge in [0.25, 0.3) is 0 Å². The van der Waals surface area contributed by atoms with Gasteiger partial charge < -0.3 is 10.2 Å². The average molecular weight is 223 g/mol. The van der Waals surface area contributed by atoms with Gasteiger partial charge in [0, 0.05) is 31.2 Å². The van der Waals surface area contributed by atoms with E-state index in [9.17, 15) is 0 Å². The fourth-order valence-corrected chi connectivity index (χ4v) is 3.20. The first-order valence-corrected chi connectivity index (χ1v) is 7.00. The Balaban J connectivity index is 1.41. The van der Waals surface area contributed by atoms with Crippen molar-refractivity contribution in [2.24, 2.45) is 0 Å². The number of hydrogen-bond acceptors (Lipinski definition) is 3. The summed E-state index contributed by atoms with van der Waals surface area (Å²) >= 11 is 0. The molecule has 0 bridgehead atoms. The Morgan fingerprint density at radius 2 is 1.56 bits per heavy atom. The molecule has 2 saturated heterocycles. The third-order valence-electron chi connectivity index (χ3n) is 4.47. The number of nitrogens with one attached hydrogen (secondary N) is 1. The predicted molar refractivity (Wildman–Crippen MR) is 66.7 cm³/mol. The second-order valence-corrected chi connectivity index (χ2v) is 5.96. The second kappa shape index (κ2) is 4.63. The van der Waals surface area contributed by atoms with Crippen LogP contribution in [0.4, 0.5) is 0 Å². The molecule has 2 heterocycles. The largest absolute Gasteiger partial charge is 0.310 e. The van der Waals surface area contributed by atoms with Crippen LogP contribution in [-0.2, 0) is 0 Å². The second-order valence-electron chi connectivity index (χ2n) is 5.96. The van der Waals surface area contributed by atoms with E-state index in [1.54, 1.807) is 0 Å². The Hall–Kier alpha value is -0.120. The summed E-state index contributed by atoms with van der Waals surface area (Å²) in [5.74, 6) is 0. The maximum absolute atomic E-state index is 3.88. The lowest BCUT2D eigenvalue weighted by Crippen LogP contribution is -2.46. The van der Waals surface area contributed by atoms with Gasteiger partial charge >= 0.3 is 0 Å². The van der Waals surface area contributed by atoms with Crippen molar-refractivity contribution in [3.63, 3.8) is 0 Å². The zero-order valence-electron chi connectivity index (χ0n) is 10.5. The van der Waals surface area contributed by atoms with E-state index < -0.39 is 0 Å². The van der Waals surface area contributed by atoms with E-state index in [0.717, 1.165) is 18.1 Å². The fraction of sp³-hybridized carbons (Fsp3) is 1.00. The molecule has 1 saturated carbocycles. The minimum atomic E-state index is 0.786. The van der Waals surface area contributed by atoms with Crippen LogP contribution >= 0.6 is 0 Å². The molecule has 3 aliphatic rings. The number of likely N-dealkylation sites (tertiary alicyclic amines) is 2. The summed E-state index contributed by atoms with van der Waals surface area (Å²) in [4.78, 5) is 5.15. The van der Waals surface area contributed by atoms with Gasteiger partial charge in [-0.3, -0.25) is 4.90 Å². The molecule has 2 aliphatic heterocycles. The lowest BCUT2D eigenvalue weighted by molar-refractivity contribution is 0.222. The number of nitrogens with zero attached hydrogens (tertiary/aromatic N) is 2. The normalized spacial score (nSPS) is 34.7. The number of hydrogen-bond donors (Lipinski definition) is 1. The van der Waals surface area contributed by atoms with Crippen LogP contribution in [0.25, 0.3) is 0 Å². The van der Waals surface area contributed by atoms with Gasteiger partial charge in [-0.05, 0) is 52.2 Å². The fourth-order valence-electron chi connectivity index (χ4n) is 3.20. The van der Waals surface area contributed by atoms with Crippen molar-refractivity contribution >= 4 is 0 Å². The molecule has 3 fully saturated rings. The molecule has 0 radical (unpaired) electrons. The molecular formula is C13H25N3. The maximum atomic E-state index is 3.88. The molecule has 0 aromatic heterocycles. The van der Waals surface area contributed by atoms with E-state index in [0.29, 0.717) is 0 Å². The Bertz CT molecular complexity index is 231. The zero-order chi connectivity index (χ0) is 11.0. The molecular weight excluding hydrogens is 198 g/mol. The Kier molecular flexibility index (Phi) is 3.18. The quantitative estimate of drug-likeness (QED) is 0.767. The highest BCUT2D eigenvalue weighted by atomic mass is 15.2. The molecule has 0 aromatic carbocycles. The van der Waals surface area contributed by atoms with Gasteiger partial charge in [0.2, 0.25) is 0 Å². The summed E-state index contributed by atoms with van der Waals surface area (Å²) in [5, 5.41) is 3.88. The van der Waals surface area contributed by atoms with Crippen molar-refractivity contribution in [1.82, 2.24) is 15.1 Å².